The molecule has 0 fully saturated rings. The van der Waals surface area contributed by atoms with E-state index in [2.05, 4.69) is 24.5 Å². The first-order valence-corrected chi connectivity index (χ1v) is 6.81. The van der Waals surface area contributed by atoms with Crippen LogP contribution in [-0.2, 0) is 0 Å². The van der Waals surface area contributed by atoms with Crippen LogP contribution >= 0.6 is 0 Å². The van der Waals surface area contributed by atoms with Crippen molar-refractivity contribution in [3.8, 4) is 0 Å². The lowest BCUT2D eigenvalue weighted by Crippen LogP contribution is -2.25. The van der Waals surface area contributed by atoms with Crippen molar-refractivity contribution >= 4 is 11.6 Å². The Bertz CT molecular complexity index is 388. The van der Waals surface area contributed by atoms with Gasteiger partial charge in [-0.3, -0.25) is 4.79 Å². The average molecular weight is 248 g/mol. The number of amides is 1. The third-order valence-electron chi connectivity index (χ3n) is 2.87. The Balaban J connectivity index is 2.63. The summed E-state index contributed by atoms with van der Waals surface area (Å²) in [5, 5.41) is 6.27. The minimum Gasteiger partial charge on any atom is -0.385 e. The molecule has 1 aromatic carbocycles. The average Bonchev–Trinajstić information content (AvgIpc) is 2.36. The summed E-state index contributed by atoms with van der Waals surface area (Å²) in [5.74, 6) is 0.0305. The Labute approximate surface area is 110 Å². The molecule has 3 nitrogen and oxygen atoms in total. The Hall–Kier alpha value is -1.51. The van der Waals surface area contributed by atoms with E-state index in [-0.39, 0.29) is 5.91 Å². The number of carbonyl (C=O) groups is 1. The smallest absolute Gasteiger partial charge is 0.251 e. The maximum absolute atomic E-state index is 11.9. The Morgan fingerprint density at radius 1 is 1.17 bits per heavy atom. The molecule has 1 rings (SSSR count). The van der Waals surface area contributed by atoms with E-state index in [4.69, 9.17) is 0 Å². The van der Waals surface area contributed by atoms with E-state index in [0.717, 1.165) is 49.2 Å². The van der Waals surface area contributed by atoms with Crippen LogP contribution in [0.5, 0.6) is 0 Å². The molecule has 0 aromatic heterocycles. The van der Waals surface area contributed by atoms with Crippen molar-refractivity contribution in [1.29, 1.82) is 0 Å². The lowest BCUT2D eigenvalue weighted by Gasteiger charge is -2.10. The van der Waals surface area contributed by atoms with Gasteiger partial charge in [-0.25, -0.2) is 0 Å². The fourth-order valence-corrected chi connectivity index (χ4v) is 1.77. The number of aryl methyl sites for hydroxylation is 1. The summed E-state index contributed by atoms with van der Waals surface area (Å²) in [4.78, 5) is 11.9. The number of hydrogen-bond donors (Lipinski definition) is 2. The summed E-state index contributed by atoms with van der Waals surface area (Å²) in [7, 11) is 0. The second-order valence-corrected chi connectivity index (χ2v) is 4.57. The van der Waals surface area contributed by atoms with Crippen molar-refractivity contribution in [2.75, 3.05) is 18.4 Å². The van der Waals surface area contributed by atoms with E-state index < -0.39 is 0 Å². The zero-order chi connectivity index (χ0) is 13.4. The maximum Gasteiger partial charge on any atom is 0.251 e. The minimum absolute atomic E-state index is 0.0305. The third-order valence-corrected chi connectivity index (χ3v) is 2.87. The quantitative estimate of drug-likeness (QED) is 0.727. The van der Waals surface area contributed by atoms with Crippen LogP contribution in [-0.4, -0.2) is 19.0 Å². The minimum atomic E-state index is 0.0305. The second-order valence-electron chi connectivity index (χ2n) is 4.57. The van der Waals surface area contributed by atoms with Gasteiger partial charge < -0.3 is 10.6 Å². The first-order valence-electron chi connectivity index (χ1n) is 6.81. The fraction of sp³-hybridized carbons (Fsp3) is 0.533. The van der Waals surface area contributed by atoms with Gasteiger partial charge in [0, 0.05) is 24.3 Å². The van der Waals surface area contributed by atoms with E-state index in [0.29, 0.717) is 0 Å². The molecular weight excluding hydrogens is 224 g/mol. The summed E-state index contributed by atoms with van der Waals surface area (Å²) >= 11 is 0. The summed E-state index contributed by atoms with van der Waals surface area (Å²) in [6, 6.07) is 5.90. The zero-order valence-electron chi connectivity index (χ0n) is 11.7. The lowest BCUT2D eigenvalue weighted by atomic mass is 10.1. The number of rotatable bonds is 7. The zero-order valence-corrected chi connectivity index (χ0v) is 11.7. The molecule has 0 heterocycles. The second kappa shape index (κ2) is 7.75. The summed E-state index contributed by atoms with van der Waals surface area (Å²) < 4.78 is 0. The topological polar surface area (TPSA) is 41.1 Å². The van der Waals surface area contributed by atoms with Gasteiger partial charge in [-0.05, 0) is 43.5 Å². The highest BCUT2D eigenvalue weighted by molar-refractivity contribution is 5.96. The van der Waals surface area contributed by atoms with E-state index in [1.54, 1.807) is 0 Å². The van der Waals surface area contributed by atoms with Gasteiger partial charge in [-0.1, -0.05) is 20.3 Å². The molecule has 0 atom stereocenters. The van der Waals surface area contributed by atoms with Crippen LogP contribution in [0.25, 0.3) is 0 Å². The molecule has 0 aliphatic rings. The molecule has 0 aliphatic carbocycles. The summed E-state index contributed by atoms with van der Waals surface area (Å²) in [6.07, 6.45) is 3.22. The largest absolute Gasteiger partial charge is 0.385 e. The number of hydrogen-bond acceptors (Lipinski definition) is 2. The van der Waals surface area contributed by atoms with Crippen LogP contribution in [0.15, 0.2) is 18.2 Å². The lowest BCUT2D eigenvalue weighted by molar-refractivity contribution is 0.0952. The number of nitrogens with one attached hydrogen (secondary N) is 2. The van der Waals surface area contributed by atoms with Crippen molar-refractivity contribution in [3.63, 3.8) is 0 Å². The molecule has 100 valence electrons. The SMILES string of the molecule is CCCCNC(=O)c1ccc(NCCC)cc1C. The molecular formula is C15H24N2O. The third kappa shape index (κ3) is 4.40. The van der Waals surface area contributed by atoms with E-state index in [1.165, 1.54) is 0 Å². The van der Waals surface area contributed by atoms with Gasteiger partial charge >= 0.3 is 0 Å². The Morgan fingerprint density at radius 3 is 2.56 bits per heavy atom. The van der Waals surface area contributed by atoms with Crippen molar-refractivity contribution < 1.29 is 4.79 Å². The first-order chi connectivity index (χ1) is 8.69. The monoisotopic (exact) mass is 248 g/mol. The summed E-state index contributed by atoms with van der Waals surface area (Å²) in [5.41, 5.74) is 2.87. The Morgan fingerprint density at radius 2 is 1.94 bits per heavy atom. The van der Waals surface area contributed by atoms with Crippen molar-refractivity contribution in [1.82, 2.24) is 5.32 Å². The highest BCUT2D eigenvalue weighted by Gasteiger charge is 2.08. The van der Waals surface area contributed by atoms with Gasteiger partial charge in [0.25, 0.3) is 5.91 Å². The molecule has 0 unspecified atom stereocenters. The van der Waals surface area contributed by atoms with Crippen molar-refractivity contribution in [2.45, 2.75) is 40.0 Å². The molecule has 0 spiro atoms. The number of carbonyl (C=O) groups excluding carboxylic acids is 1. The maximum atomic E-state index is 11.9. The van der Waals surface area contributed by atoms with Gasteiger partial charge in [-0.15, -0.1) is 0 Å². The number of unbranched alkanes of at least 4 members (excludes halogenated alkanes) is 1. The number of benzene rings is 1. The predicted molar refractivity (Wildman–Crippen MR) is 77.2 cm³/mol. The molecule has 0 aliphatic heterocycles. The number of anilines is 1. The van der Waals surface area contributed by atoms with E-state index in [1.807, 2.05) is 25.1 Å². The van der Waals surface area contributed by atoms with E-state index in [9.17, 15) is 4.79 Å². The van der Waals surface area contributed by atoms with Gasteiger partial charge in [0.2, 0.25) is 0 Å². The highest BCUT2D eigenvalue weighted by atomic mass is 16.1. The standard InChI is InChI=1S/C15H24N2O/c1-4-6-10-17-15(18)14-8-7-13(11-12(14)3)16-9-5-2/h7-8,11,16H,4-6,9-10H2,1-3H3,(H,17,18). The first kappa shape index (κ1) is 14.6. The fourth-order valence-electron chi connectivity index (χ4n) is 1.77. The van der Waals surface area contributed by atoms with Gasteiger partial charge in [-0.2, -0.15) is 0 Å². The highest BCUT2D eigenvalue weighted by Crippen LogP contribution is 2.15. The molecule has 1 amide bonds. The normalized spacial score (nSPS) is 10.2. The van der Waals surface area contributed by atoms with Crippen LogP contribution in [0.3, 0.4) is 0 Å². The molecule has 0 radical (unpaired) electrons. The van der Waals surface area contributed by atoms with Gasteiger partial charge in [0.1, 0.15) is 0 Å². The molecule has 1 aromatic rings. The van der Waals surface area contributed by atoms with Crippen LogP contribution in [0, 0.1) is 6.92 Å². The molecule has 0 saturated heterocycles. The van der Waals surface area contributed by atoms with Crippen LogP contribution in [0.2, 0.25) is 0 Å². The van der Waals surface area contributed by atoms with Crippen LogP contribution in [0.4, 0.5) is 5.69 Å². The van der Waals surface area contributed by atoms with Gasteiger partial charge in [0.15, 0.2) is 0 Å². The van der Waals surface area contributed by atoms with Crippen molar-refractivity contribution in [2.24, 2.45) is 0 Å². The molecule has 3 heteroatoms. The molecule has 2 N–H and O–H groups in total. The molecule has 0 bridgehead atoms. The molecule has 18 heavy (non-hydrogen) atoms. The van der Waals surface area contributed by atoms with Gasteiger partial charge in [0.05, 0.1) is 0 Å². The Kier molecular flexibility index (Phi) is 6.26. The van der Waals surface area contributed by atoms with Crippen LogP contribution in [0.1, 0.15) is 49.0 Å². The molecule has 0 saturated carbocycles. The van der Waals surface area contributed by atoms with Crippen molar-refractivity contribution in [3.05, 3.63) is 29.3 Å². The summed E-state index contributed by atoms with van der Waals surface area (Å²) in [6.45, 7) is 7.94. The predicted octanol–water partition coefficient (Wildman–Crippen LogP) is 3.35. The van der Waals surface area contributed by atoms with Crippen LogP contribution < -0.4 is 10.6 Å². The van der Waals surface area contributed by atoms with E-state index >= 15 is 0 Å².